The smallest absolute Gasteiger partial charge is 0.238 e. The fourth-order valence-corrected chi connectivity index (χ4v) is 4.94. The Bertz CT molecular complexity index is 1160. The molecule has 2 aliphatic heterocycles. The van der Waals surface area contributed by atoms with E-state index in [0.717, 1.165) is 80.8 Å². The average Bonchev–Trinajstić information content (AvgIpc) is 3.09. The van der Waals surface area contributed by atoms with Crippen LogP contribution < -0.4 is 10.1 Å². The highest BCUT2D eigenvalue weighted by Crippen LogP contribution is 2.27. The van der Waals surface area contributed by atoms with Gasteiger partial charge in [0.2, 0.25) is 5.91 Å². The molecule has 1 fully saturated rings. The number of fused-ring (bicyclic) bond motifs is 3. The Morgan fingerprint density at radius 3 is 2.62 bits per heavy atom. The molecule has 1 amide bonds. The van der Waals surface area contributed by atoms with Crippen molar-refractivity contribution in [3.05, 3.63) is 65.2 Å². The first kappa shape index (κ1) is 22.6. The SMILES string of the molecule is COc1ccc(CN2CCCN(CC(=O)Nc3ccc4c(c3)CCc3nnc(C)n3-4)CC2)cc1. The third-order valence-corrected chi connectivity index (χ3v) is 6.73. The van der Waals surface area contributed by atoms with Crippen molar-refractivity contribution in [1.29, 1.82) is 0 Å². The lowest BCUT2D eigenvalue weighted by molar-refractivity contribution is -0.117. The molecule has 178 valence electrons. The molecule has 2 aromatic carbocycles. The summed E-state index contributed by atoms with van der Waals surface area (Å²) in [6.07, 6.45) is 2.84. The molecule has 0 unspecified atom stereocenters. The van der Waals surface area contributed by atoms with Gasteiger partial charge < -0.3 is 10.1 Å². The van der Waals surface area contributed by atoms with Crippen molar-refractivity contribution in [3.8, 4) is 11.4 Å². The lowest BCUT2D eigenvalue weighted by Crippen LogP contribution is -2.36. The van der Waals surface area contributed by atoms with E-state index in [0.29, 0.717) is 6.54 Å². The molecule has 0 radical (unpaired) electrons. The summed E-state index contributed by atoms with van der Waals surface area (Å²) < 4.78 is 7.36. The summed E-state index contributed by atoms with van der Waals surface area (Å²) in [6, 6.07) is 14.4. The van der Waals surface area contributed by atoms with Crippen molar-refractivity contribution < 1.29 is 9.53 Å². The Morgan fingerprint density at radius 1 is 1.00 bits per heavy atom. The highest BCUT2D eigenvalue weighted by atomic mass is 16.5. The fraction of sp³-hybridized carbons (Fsp3) is 0.423. The second-order valence-electron chi connectivity index (χ2n) is 9.14. The van der Waals surface area contributed by atoms with Gasteiger partial charge in [-0.3, -0.25) is 19.2 Å². The molecular weight excluding hydrogens is 428 g/mol. The number of hydrogen-bond donors (Lipinski definition) is 1. The number of amides is 1. The molecule has 0 spiro atoms. The minimum atomic E-state index is 0.0422. The molecule has 8 heteroatoms. The number of carbonyl (C=O) groups excluding carboxylic acids is 1. The standard InChI is InChI=1S/C26H32N6O2/c1-19-28-29-25-11-6-21-16-22(7-10-24(21)32(19)25)27-26(33)18-31-13-3-12-30(14-15-31)17-20-4-8-23(34-2)9-5-20/h4-5,7-10,16H,3,6,11-15,17-18H2,1-2H3,(H,27,33). The van der Waals surface area contributed by atoms with Gasteiger partial charge in [0.15, 0.2) is 0 Å². The number of carbonyl (C=O) groups is 1. The summed E-state index contributed by atoms with van der Waals surface area (Å²) in [5, 5.41) is 11.6. The quantitative estimate of drug-likeness (QED) is 0.610. The normalized spacial score (nSPS) is 16.4. The Balaban J connectivity index is 1.14. The van der Waals surface area contributed by atoms with Crippen LogP contribution in [0.3, 0.4) is 0 Å². The maximum absolute atomic E-state index is 12.8. The first-order chi connectivity index (χ1) is 16.6. The van der Waals surface area contributed by atoms with Gasteiger partial charge in [-0.1, -0.05) is 12.1 Å². The Kier molecular flexibility index (Phi) is 6.60. The van der Waals surface area contributed by atoms with Crippen LogP contribution in [0, 0.1) is 6.92 Å². The Hall–Kier alpha value is -3.23. The van der Waals surface area contributed by atoms with Crippen LogP contribution in [-0.4, -0.2) is 70.3 Å². The van der Waals surface area contributed by atoms with E-state index >= 15 is 0 Å². The molecule has 0 bridgehead atoms. The van der Waals surface area contributed by atoms with E-state index in [2.05, 4.69) is 54.1 Å². The minimum absolute atomic E-state index is 0.0422. The molecule has 5 rings (SSSR count). The van der Waals surface area contributed by atoms with Crippen LogP contribution in [0.5, 0.6) is 5.75 Å². The zero-order valence-electron chi connectivity index (χ0n) is 20.0. The van der Waals surface area contributed by atoms with Crippen molar-refractivity contribution in [2.75, 3.05) is 45.2 Å². The van der Waals surface area contributed by atoms with Gasteiger partial charge in [0.1, 0.15) is 17.4 Å². The predicted octanol–water partition coefficient (Wildman–Crippen LogP) is 2.83. The van der Waals surface area contributed by atoms with Crippen LogP contribution in [-0.2, 0) is 24.2 Å². The van der Waals surface area contributed by atoms with Gasteiger partial charge in [-0.15, -0.1) is 10.2 Å². The third-order valence-electron chi connectivity index (χ3n) is 6.73. The number of nitrogens with zero attached hydrogens (tertiary/aromatic N) is 5. The van der Waals surface area contributed by atoms with Crippen molar-refractivity contribution in [1.82, 2.24) is 24.6 Å². The maximum atomic E-state index is 12.8. The molecule has 0 aliphatic carbocycles. The summed E-state index contributed by atoms with van der Waals surface area (Å²) in [6.45, 7) is 7.14. The zero-order chi connectivity index (χ0) is 23.5. The molecule has 3 heterocycles. The summed E-state index contributed by atoms with van der Waals surface area (Å²) >= 11 is 0. The van der Waals surface area contributed by atoms with Gasteiger partial charge in [0, 0.05) is 31.7 Å². The van der Waals surface area contributed by atoms with Crippen LogP contribution >= 0.6 is 0 Å². The molecule has 8 nitrogen and oxygen atoms in total. The minimum Gasteiger partial charge on any atom is -0.497 e. The van der Waals surface area contributed by atoms with E-state index in [1.807, 2.05) is 25.1 Å². The number of methoxy groups -OCH3 is 1. The van der Waals surface area contributed by atoms with Gasteiger partial charge in [-0.2, -0.15) is 0 Å². The molecule has 0 atom stereocenters. The molecular formula is C26H32N6O2. The molecule has 1 aromatic heterocycles. The number of aromatic nitrogens is 3. The van der Waals surface area contributed by atoms with Crippen molar-refractivity contribution in [2.24, 2.45) is 0 Å². The average molecular weight is 461 g/mol. The highest BCUT2D eigenvalue weighted by molar-refractivity contribution is 5.92. The monoisotopic (exact) mass is 460 g/mol. The summed E-state index contributed by atoms with van der Waals surface area (Å²) in [7, 11) is 1.69. The van der Waals surface area contributed by atoms with Crippen LogP contribution in [0.1, 0.15) is 29.2 Å². The lowest BCUT2D eigenvalue weighted by atomic mass is 10.0. The second kappa shape index (κ2) is 9.95. The molecule has 1 N–H and O–H groups in total. The number of hydrogen-bond acceptors (Lipinski definition) is 6. The number of nitrogens with one attached hydrogen (secondary N) is 1. The molecule has 2 aliphatic rings. The first-order valence-corrected chi connectivity index (χ1v) is 12.0. The van der Waals surface area contributed by atoms with E-state index in [1.54, 1.807) is 7.11 Å². The summed E-state index contributed by atoms with van der Waals surface area (Å²) in [5.74, 6) is 2.83. The van der Waals surface area contributed by atoms with Crippen LogP contribution in [0.25, 0.3) is 5.69 Å². The molecule has 0 saturated carbocycles. The number of aryl methyl sites for hydroxylation is 3. The van der Waals surface area contributed by atoms with E-state index in [-0.39, 0.29) is 5.91 Å². The van der Waals surface area contributed by atoms with Crippen LogP contribution in [0.4, 0.5) is 5.69 Å². The van der Waals surface area contributed by atoms with Crippen molar-refractivity contribution in [2.45, 2.75) is 32.7 Å². The Labute approximate surface area is 200 Å². The third kappa shape index (κ3) is 4.98. The summed E-state index contributed by atoms with van der Waals surface area (Å²) in [4.78, 5) is 17.5. The van der Waals surface area contributed by atoms with Gasteiger partial charge in [0.05, 0.1) is 19.3 Å². The second-order valence-corrected chi connectivity index (χ2v) is 9.14. The Morgan fingerprint density at radius 2 is 1.79 bits per heavy atom. The molecule has 3 aromatic rings. The van der Waals surface area contributed by atoms with E-state index in [9.17, 15) is 4.79 Å². The largest absolute Gasteiger partial charge is 0.497 e. The molecule has 1 saturated heterocycles. The fourth-order valence-electron chi connectivity index (χ4n) is 4.94. The van der Waals surface area contributed by atoms with Gasteiger partial charge in [-0.05, 0) is 74.3 Å². The lowest BCUT2D eigenvalue weighted by Gasteiger charge is -2.22. The maximum Gasteiger partial charge on any atom is 0.238 e. The summed E-state index contributed by atoms with van der Waals surface area (Å²) in [5.41, 5.74) is 4.48. The number of anilines is 1. The van der Waals surface area contributed by atoms with E-state index in [1.165, 1.54) is 11.1 Å². The molecule has 34 heavy (non-hydrogen) atoms. The highest BCUT2D eigenvalue weighted by Gasteiger charge is 2.21. The number of benzene rings is 2. The first-order valence-electron chi connectivity index (χ1n) is 12.0. The topological polar surface area (TPSA) is 75.5 Å². The van der Waals surface area contributed by atoms with Gasteiger partial charge >= 0.3 is 0 Å². The van der Waals surface area contributed by atoms with Gasteiger partial charge in [0.25, 0.3) is 0 Å². The van der Waals surface area contributed by atoms with E-state index < -0.39 is 0 Å². The zero-order valence-corrected chi connectivity index (χ0v) is 20.0. The predicted molar refractivity (Wildman–Crippen MR) is 131 cm³/mol. The number of ether oxygens (including phenoxy) is 1. The van der Waals surface area contributed by atoms with Crippen molar-refractivity contribution >= 4 is 11.6 Å². The van der Waals surface area contributed by atoms with Crippen molar-refractivity contribution in [3.63, 3.8) is 0 Å². The van der Waals surface area contributed by atoms with Gasteiger partial charge in [-0.25, -0.2) is 0 Å². The number of rotatable bonds is 6. The van der Waals surface area contributed by atoms with E-state index in [4.69, 9.17) is 4.74 Å². The van der Waals surface area contributed by atoms with Crippen LogP contribution in [0.2, 0.25) is 0 Å². The van der Waals surface area contributed by atoms with Crippen LogP contribution in [0.15, 0.2) is 42.5 Å².